The number of nitrogens with zero attached hydrogens (tertiary/aromatic N) is 1. The fourth-order valence-corrected chi connectivity index (χ4v) is 5.01. The van der Waals surface area contributed by atoms with Crippen molar-refractivity contribution in [2.75, 3.05) is 6.54 Å². The van der Waals surface area contributed by atoms with Crippen molar-refractivity contribution < 1.29 is 0 Å². The summed E-state index contributed by atoms with van der Waals surface area (Å²) in [6.07, 6.45) is 22.9. The molecule has 0 aromatic heterocycles. The lowest BCUT2D eigenvalue weighted by atomic mass is 9.84. The zero-order chi connectivity index (χ0) is 24.2. The van der Waals surface area contributed by atoms with Gasteiger partial charge < -0.3 is 10.2 Å². The van der Waals surface area contributed by atoms with Crippen LogP contribution in [-0.2, 0) is 0 Å². The van der Waals surface area contributed by atoms with Crippen LogP contribution in [0.15, 0.2) is 103 Å². The average molecular weight is 449 g/mol. The van der Waals surface area contributed by atoms with Gasteiger partial charge in [-0.2, -0.15) is 0 Å². The summed E-state index contributed by atoms with van der Waals surface area (Å²) in [5.41, 5.74) is 12.1. The predicted molar refractivity (Wildman–Crippen MR) is 149 cm³/mol. The van der Waals surface area contributed by atoms with Crippen LogP contribution in [0.3, 0.4) is 0 Å². The molecular formula is C32H36N2. The maximum atomic E-state index is 4.33. The van der Waals surface area contributed by atoms with Crippen molar-refractivity contribution in [3.63, 3.8) is 0 Å². The largest absolute Gasteiger partial charge is 0.382 e. The molecule has 0 bridgehead atoms. The van der Waals surface area contributed by atoms with E-state index in [1.807, 2.05) is 6.08 Å². The molecule has 0 spiro atoms. The van der Waals surface area contributed by atoms with Crippen molar-refractivity contribution in [2.24, 2.45) is 0 Å². The zero-order valence-corrected chi connectivity index (χ0v) is 20.8. The number of nitrogens with one attached hydrogen (secondary N) is 1. The van der Waals surface area contributed by atoms with Crippen LogP contribution in [0.1, 0.15) is 68.2 Å². The van der Waals surface area contributed by atoms with Gasteiger partial charge in [-0.05, 0) is 83.4 Å². The summed E-state index contributed by atoms with van der Waals surface area (Å²) in [5.74, 6) is 0.315. The first-order valence-electron chi connectivity index (χ1n) is 12.3. The first-order chi connectivity index (χ1) is 16.5. The van der Waals surface area contributed by atoms with E-state index in [0.717, 1.165) is 48.3 Å². The van der Waals surface area contributed by atoms with Gasteiger partial charge in [0.1, 0.15) is 0 Å². The Morgan fingerprint density at radius 3 is 2.71 bits per heavy atom. The first-order valence-corrected chi connectivity index (χ1v) is 12.3. The van der Waals surface area contributed by atoms with E-state index in [0.29, 0.717) is 5.92 Å². The summed E-state index contributed by atoms with van der Waals surface area (Å²) in [5, 5.41) is 3.38. The normalized spacial score (nSPS) is 23.3. The van der Waals surface area contributed by atoms with E-state index in [9.17, 15) is 0 Å². The van der Waals surface area contributed by atoms with E-state index < -0.39 is 0 Å². The second-order valence-corrected chi connectivity index (χ2v) is 9.01. The zero-order valence-electron chi connectivity index (χ0n) is 20.8. The van der Waals surface area contributed by atoms with Gasteiger partial charge in [0.05, 0.1) is 5.70 Å². The van der Waals surface area contributed by atoms with E-state index in [1.165, 1.54) is 33.5 Å². The molecule has 1 unspecified atom stereocenters. The average Bonchev–Trinajstić information content (AvgIpc) is 3.19. The minimum atomic E-state index is 0.315. The molecule has 1 heterocycles. The number of hydrogen-bond acceptors (Lipinski definition) is 2. The summed E-state index contributed by atoms with van der Waals surface area (Å²) < 4.78 is 0. The SMILES string of the molecule is C=Cc1c(C2C=CC(N3/C=C\CNC(=C)/C(C)=C3/C=C\CC)=CC2)ccc2c1C(=C)C=C2CC. The summed E-state index contributed by atoms with van der Waals surface area (Å²) in [6, 6.07) is 4.56. The van der Waals surface area contributed by atoms with Crippen LogP contribution in [0, 0.1) is 0 Å². The Labute approximate surface area is 205 Å². The number of benzene rings is 1. The Bertz CT molecular complexity index is 1210. The standard InChI is InChI=1S/C32H36N2/c1-7-10-12-31-23(5)24(6)33-19-11-20-34(31)27-15-13-26(14-16-27)29-17-18-30-25(8-2)21-22(4)32(30)28(29)9-3/h9-13,15-18,20-21,26,33H,3-4,6-8,14,19H2,1-2,5H3/b12-10-,20-11-,31-23-. The molecule has 2 heteroatoms. The van der Waals surface area contributed by atoms with Crippen LogP contribution in [0.5, 0.6) is 0 Å². The van der Waals surface area contributed by atoms with Crippen molar-refractivity contribution in [3.05, 3.63) is 126 Å². The van der Waals surface area contributed by atoms with Crippen LogP contribution in [0.2, 0.25) is 0 Å². The summed E-state index contributed by atoms with van der Waals surface area (Å²) in [7, 11) is 0. The molecule has 174 valence electrons. The van der Waals surface area contributed by atoms with Gasteiger partial charge in [0.15, 0.2) is 0 Å². The molecule has 2 aliphatic carbocycles. The van der Waals surface area contributed by atoms with Gasteiger partial charge in [0.25, 0.3) is 0 Å². The highest BCUT2D eigenvalue weighted by Gasteiger charge is 2.24. The lowest BCUT2D eigenvalue weighted by molar-refractivity contribution is 0.583. The number of hydrogen-bond donors (Lipinski definition) is 1. The Balaban J connectivity index is 1.66. The second-order valence-electron chi connectivity index (χ2n) is 9.01. The van der Waals surface area contributed by atoms with Crippen LogP contribution >= 0.6 is 0 Å². The molecule has 4 rings (SSSR count). The van der Waals surface area contributed by atoms with Crippen LogP contribution < -0.4 is 5.32 Å². The first kappa shape index (κ1) is 23.6. The van der Waals surface area contributed by atoms with E-state index in [2.05, 4.69) is 112 Å². The lowest BCUT2D eigenvalue weighted by Crippen LogP contribution is -2.24. The Hall–Kier alpha value is -3.52. The van der Waals surface area contributed by atoms with E-state index in [4.69, 9.17) is 0 Å². The molecule has 0 fully saturated rings. The smallest absolute Gasteiger partial charge is 0.0501 e. The third-order valence-electron chi connectivity index (χ3n) is 6.93. The molecule has 34 heavy (non-hydrogen) atoms. The quantitative estimate of drug-likeness (QED) is 0.471. The van der Waals surface area contributed by atoms with Gasteiger partial charge in [-0.3, -0.25) is 0 Å². The van der Waals surface area contributed by atoms with Gasteiger partial charge in [-0.1, -0.05) is 76.1 Å². The van der Waals surface area contributed by atoms with Gasteiger partial charge in [0, 0.05) is 30.1 Å². The molecule has 1 aliphatic heterocycles. The topological polar surface area (TPSA) is 15.3 Å². The highest BCUT2D eigenvalue weighted by atomic mass is 15.1. The Kier molecular flexibility index (Phi) is 7.07. The molecule has 0 radical (unpaired) electrons. The fourth-order valence-electron chi connectivity index (χ4n) is 5.01. The minimum absolute atomic E-state index is 0.315. The van der Waals surface area contributed by atoms with Crippen molar-refractivity contribution in [1.29, 1.82) is 0 Å². The monoisotopic (exact) mass is 448 g/mol. The van der Waals surface area contributed by atoms with Gasteiger partial charge in [-0.25, -0.2) is 0 Å². The Morgan fingerprint density at radius 2 is 2.03 bits per heavy atom. The van der Waals surface area contributed by atoms with Crippen LogP contribution in [-0.4, -0.2) is 11.4 Å². The minimum Gasteiger partial charge on any atom is -0.382 e. The van der Waals surface area contributed by atoms with Crippen molar-refractivity contribution in [1.82, 2.24) is 10.2 Å². The molecule has 1 atom stereocenters. The summed E-state index contributed by atoms with van der Waals surface area (Å²) in [4.78, 5) is 2.29. The predicted octanol–water partition coefficient (Wildman–Crippen LogP) is 8.25. The van der Waals surface area contributed by atoms with Crippen LogP contribution in [0.4, 0.5) is 0 Å². The fraction of sp³-hybridized carbons (Fsp3) is 0.250. The molecule has 0 saturated carbocycles. The Morgan fingerprint density at radius 1 is 1.21 bits per heavy atom. The molecule has 2 nitrogen and oxygen atoms in total. The highest BCUT2D eigenvalue weighted by Crippen LogP contribution is 2.43. The summed E-state index contributed by atoms with van der Waals surface area (Å²) >= 11 is 0. The third kappa shape index (κ3) is 4.33. The molecule has 1 aromatic carbocycles. The van der Waals surface area contributed by atoms with Gasteiger partial charge in [-0.15, -0.1) is 0 Å². The van der Waals surface area contributed by atoms with Crippen LogP contribution in [0.25, 0.3) is 17.2 Å². The van der Waals surface area contributed by atoms with Crippen molar-refractivity contribution >= 4 is 17.2 Å². The van der Waals surface area contributed by atoms with Crippen molar-refractivity contribution in [2.45, 2.75) is 46.0 Å². The third-order valence-corrected chi connectivity index (χ3v) is 6.93. The number of fused-ring (bicyclic) bond motifs is 1. The number of allylic oxidation sites excluding steroid dienone is 9. The molecular weight excluding hydrogens is 412 g/mol. The molecule has 1 aromatic rings. The van der Waals surface area contributed by atoms with E-state index >= 15 is 0 Å². The summed E-state index contributed by atoms with van der Waals surface area (Å²) in [6.45, 7) is 20.0. The lowest BCUT2D eigenvalue weighted by Gasteiger charge is -2.30. The van der Waals surface area contributed by atoms with Crippen molar-refractivity contribution in [3.8, 4) is 0 Å². The number of rotatable bonds is 6. The highest BCUT2D eigenvalue weighted by molar-refractivity contribution is 5.98. The molecule has 1 N–H and O–H groups in total. The molecule has 3 aliphatic rings. The van der Waals surface area contributed by atoms with Gasteiger partial charge >= 0.3 is 0 Å². The maximum Gasteiger partial charge on any atom is 0.0501 e. The van der Waals surface area contributed by atoms with Gasteiger partial charge in [0.2, 0.25) is 0 Å². The molecule has 0 amide bonds. The van der Waals surface area contributed by atoms with E-state index in [1.54, 1.807) is 0 Å². The molecule has 0 saturated heterocycles. The second kappa shape index (κ2) is 10.2. The van der Waals surface area contributed by atoms with E-state index in [-0.39, 0.29) is 0 Å². The maximum absolute atomic E-state index is 4.33.